The first-order valence-corrected chi connectivity index (χ1v) is 3.48. The van der Waals surface area contributed by atoms with E-state index in [1.807, 2.05) is 6.92 Å². The Kier molecular flexibility index (Phi) is 4.54. The fourth-order valence-electron chi connectivity index (χ4n) is 0.723. The van der Waals surface area contributed by atoms with Gasteiger partial charge in [0, 0.05) is 11.3 Å². The Morgan fingerprint density at radius 3 is 2.70 bits per heavy atom. The molecule has 3 nitrogen and oxygen atoms in total. The molecule has 0 aliphatic heterocycles. The van der Waals surface area contributed by atoms with Crippen molar-refractivity contribution in [3.63, 3.8) is 0 Å². The van der Waals surface area contributed by atoms with Gasteiger partial charge in [-0.3, -0.25) is 10.1 Å². The zero-order chi connectivity index (χ0) is 7.98. The molecule has 1 atom stereocenters. The Labute approximate surface area is 60.9 Å². The minimum absolute atomic E-state index is 0.289. The van der Waals surface area contributed by atoms with E-state index in [-0.39, 0.29) is 4.92 Å². The molecule has 0 aromatic rings. The number of rotatable bonds is 5. The molecule has 0 rings (SSSR count). The number of hydrogen-bond acceptors (Lipinski definition) is 2. The highest BCUT2D eigenvalue weighted by molar-refractivity contribution is 4.78. The van der Waals surface area contributed by atoms with Crippen LogP contribution in [0.5, 0.6) is 0 Å². The second-order valence-corrected chi connectivity index (χ2v) is 2.23. The van der Waals surface area contributed by atoms with Crippen molar-refractivity contribution < 1.29 is 4.92 Å². The Bertz CT molecular complexity index is 123. The summed E-state index contributed by atoms with van der Waals surface area (Å²) in [5, 5.41) is 10.2. The molecule has 0 radical (unpaired) electrons. The van der Waals surface area contributed by atoms with Crippen LogP contribution >= 0.6 is 0 Å². The van der Waals surface area contributed by atoms with E-state index in [4.69, 9.17) is 0 Å². The van der Waals surface area contributed by atoms with Gasteiger partial charge in [0.15, 0.2) is 0 Å². The summed E-state index contributed by atoms with van der Waals surface area (Å²) >= 11 is 0. The van der Waals surface area contributed by atoms with Gasteiger partial charge in [0.2, 0.25) is 6.04 Å². The molecule has 0 aromatic carbocycles. The largest absolute Gasteiger partial charge is 0.264 e. The van der Waals surface area contributed by atoms with Crippen LogP contribution in [0.1, 0.15) is 26.2 Å². The molecule has 0 bridgehead atoms. The van der Waals surface area contributed by atoms with Gasteiger partial charge in [-0.15, -0.1) is 0 Å². The van der Waals surface area contributed by atoms with Gasteiger partial charge in [0.1, 0.15) is 0 Å². The summed E-state index contributed by atoms with van der Waals surface area (Å²) in [5.41, 5.74) is 0. The molecule has 3 heteroatoms. The Morgan fingerprint density at radius 1 is 1.80 bits per heavy atom. The van der Waals surface area contributed by atoms with Crippen LogP contribution in [-0.4, -0.2) is 11.0 Å². The van der Waals surface area contributed by atoms with Gasteiger partial charge in [-0.1, -0.05) is 19.9 Å². The van der Waals surface area contributed by atoms with Crippen molar-refractivity contribution in [1.82, 2.24) is 0 Å². The molecule has 0 saturated carbocycles. The molecule has 0 N–H and O–H groups in total. The zero-order valence-electron chi connectivity index (χ0n) is 6.25. The third-order valence-electron chi connectivity index (χ3n) is 1.40. The molecular weight excluding hydrogens is 130 g/mol. The van der Waals surface area contributed by atoms with E-state index < -0.39 is 6.04 Å². The lowest BCUT2D eigenvalue weighted by Crippen LogP contribution is -2.15. The summed E-state index contributed by atoms with van der Waals surface area (Å²) < 4.78 is 0. The molecule has 0 aromatic heterocycles. The number of nitro groups is 1. The van der Waals surface area contributed by atoms with Crippen molar-refractivity contribution in [3.05, 3.63) is 22.8 Å². The van der Waals surface area contributed by atoms with Crippen molar-refractivity contribution in [3.8, 4) is 0 Å². The molecule has 0 amide bonds. The van der Waals surface area contributed by atoms with Crippen LogP contribution in [-0.2, 0) is 0 Å². The average Bonchev–Trinajstić information content (AvgIpc) is 1.89. The maximum atomic E-state index is 10.2. The lowest BCUT2D eigenvalue weighted by Gasteiger charge is -2.01. The Morgan fingerprint density at radius 2 is 2.40 bits per heavy atom. The third-order valence-corrected chi connectivity index (χ3v) is 1.40. The first kappa shape index (κ1) is 9.14. The summed E-state index contributed by atoms with van der Waals surface area (Å²) in [6, 6.07) is -0.542. The highest BCUT2D eigenvalue weighted by Gasteiger charge is 2.12. The van der Waals surface area contributed by atoms with E-state index in [2.05, 4.69) is 6.58 Å². The number of nitrogens with zero attached hydrogens (tertiary/aromatic N) is 1. The molecule has 0 saturated heterocycles. The van der Waals surface area contributed by atoms with Crippen LogP contribution in [0.3, 0.4) is 0 Å². The van der Waals surface area contributed by atoms with E-state index in [0.717, 1.165) is 12.8 Å². The average molecular weight is 143 g/mol. The van der Waals surface area contributed by atoms with Crippen molar-refractivity contribution >= 4 is 0 Å². The van der Waals surface area contributed by atoms with Crippen molar-refractivity contribution in [2.45, 2.75) is 32.2 Å². The van der Waals surface area contributed by atoms with Gasteiger partial charge in [-0.25, -0.2) is 0 Å². The number of hydrogen-bond donors (Lipinski definition) is 0. The smallest absolute Gasteiger partial charge is 0.231 e. The fourth-order valence-corrected chi connectivity index (χ4v) is 0.723. The highest BCUT2D eigenvalue weighted by Crippen LogP contribution is 2.03. The first-order chi connectivity index (χ1) is 4.72. The molecule has 0 spiro atoms. The monoisotopic (exact) mass is 143 g/mol. The second-order valence-electron chi connectivity index (χ2n) is 2.23. The molecule has 0 fully saturated rings. The van der Waals surface area contributed by atoms with Gasteiger partial charge in [-0.2, -0.15) is 0 Å². The summed E-state index contributed by atoms with van der Waals surface area (Å²) in [4.78, 5) is 9.88. The SMILES string of the molecule is C=CC(CCCC)[N+](=O)[O-]. The molecule has 1 unspecified atom stereocenters. The van der Waals surface area contributed by atoms with Crippen LogP contribution < -0.4 is 0 Å². The highest BCUT2D eigenvalue weighted by atomic mass is 16.6. The van der Waals surface area contributed by atoms with Crippen LogP contribution in [0.15, 0.2) is 12.7 Å². The normalized spacial score (nSPS) is 12.5. The standard InChI is InChI=1S/C7H13NO2/c1-3-5-6-7(4-2)8(9)10/h4,7H,2-3,5-6H2,1H3. The van der Waals surface area contributed by atoms with Gasteiger partial charge < -0.3 is 0 Å². The van der Waals surface area contributed by atoms with E-state index in [1.54, 1.807) is 0 Å². The quantitative estimate of drug-likeness (QED) is 0.335. The Balaban J connectivity index is 3.60. The second kappa shape index (κ2) is 4.97. The minimum Gasteiger partial charge on any atom is -0.264 e. The van der Waals surface area contributed by atoms with Gasteiger partial charge in [-0.05, 0) is 12.5 Å². The van der Waals surface area contributed by atoms with Crippen molar-refractivity contribution in [2.24, 2.45) is 0 Å². The minimum atomic E-state index is -0.542. The fraction of sp³-hybridized carbons (Fsp3) is 0.714. The molecule has 0 aliphatic carbocycles. The van der Waals surface area contributed by atoms with Crippen molar-refractivity contribution in [1.29, 1.82) is 0 Å². The molecular formula is C7H13NO2. The zero-order valence-corrected chi connectivity index (χ0v) is 6.25. The maximum absolute atomic E-state index is 10.2. The summed E-state index contributed by atoms with van der Waals surface area (Å²) in [5.74, 6) is 0. The van der Waals surface area contributed by atoms with Gasteiger partial charge >= 0.3 is 0 Å². The molecule has 0 aliphatic rings. The Hall–Kier alpha value is -0.860. The summed E-state index contributed by atoms with van der Waals surface area (Å²) in [6.45, 7) is 5.41. The topological polar surface area (TPSA) is 43.1 Å². The first-order valence-electron chi connectivity index (χ1n) is 3.48. The maximum Gasteiger partial charge on any atom is 0.231 e. The predicted molar refractivity (Wildman–Crippen MR) is 40.5 cm³/mol. The molecule has 0 heterocycles. The number of unbranched alkanes of at least 4 members (excludes halogenated alkanes) is 1. The third kappa shape index (κ3) is 3.22. The van der Waals surface area contributed by atoms with E-state index in [9.17, 15) is 10.1 Å². The summed E-state index contributed by atoms with van der Waals surface area (Å²) in [7, 11) is 0. The van der Waals surface area contributed by atoms with E-state index in [1.165, 1.54) is 6.08 Å². The van der Waals surface area contributed by atoms with Crippen LogP contribution in [0.4, 0.5) is 0 Å². The lowest BCUT2D eigenvalue weighted by atomic mass is 10.1. The van der Waals surface area contributed by atoms with E-state index in [0.29, 0.717) is 6.42 Å². The van der Waals surface area contributed by atoms with Crippen LogP contribution in [0.25, 0.3) is 0 Å². The van der Waals surface area contributed by atoms with E-state index >= 15 is 0 Å². The molecule has 58 valence electrons. The van der Waals surface area contributed by atoms with Crippen molar-refractivity contribution in [2.75, 3.05) is 0 Å². The predicted octanol–water partition coefficient (Wildman–Crippen LogP) is 2.01. The summed E-state index contributed by atoms with van der Waals surface area (Å²) in [6.07, 6.45) is 3.92. The molecule has 10 heavy (non-hydrogen) atoms. The van der Waals surface area contributed by atoms with Crippen LogP contribution in [0.2, 0.25) is 0 Å². The van der Waals surface area contributed by atoms with Gasteiger partial charge in [0.25, 0.3) is 0 Å². The van der Waals surface area contributed by atoms with Gasteiger partial charge in [0.05, 0.1) is 0 Å². The van der Waals surface area contributed by atoms with Crippen LogP contribution in [0, 0.1) is 10.1 Å². The lowest BCUT2D eigenvalue weighted by molar-refractivity contribution is -0.510.